The van der Waals surface area contributed by atoms with E-state index in [0.29, 0.717) is 5.92 Å². The van der Waals surface area contributed by atoms with Crippen LogP contribution in [0.1, 0.15) is 6.42 Å². The topological polar surface area (TPSA) is 29.4 Å². The second-order valence-electron chi connectivity index (χ2n) is 4.42. The zero-order valence-electron chi connectivity index (χ0n) is 8.91. The Morgan fingerprint density at radius 3 is 3.06 bits per heavy atom. The summed E-state index contributed by atoms with van der Waals surface area (Å²) >= 11 is 0. The molecule has 0 aromatic rings. The largest absolute Gasteiger partial charge is 0.292 e. The molecule has 0 radical (unpaired) electrons. The Labute approximate surface area is 94.8 Å². The summed E-state index contributed by atoms with van der Waals surface area (Å²) in [5.74, 6) is 0.775. The summed E-state index contributed by atoms with van der Waals surface area (Å²) in [6.45, 7) is 0. The molecule has 2 nitrogen and oxygen atoms in total. The van der Waals surface area contributed by atoms with Crippen molar-refractivity contribution in [2.24, 2.45) is 16.8 Å². The molecular formula is C14H13NO. The molecule has 3 rings (SSSR count). The van der Waals surface area contributed by atoms with E-state index in [4.69, 9.17) is 0 Å². The highest BCUT2D eigenvalue weighted by atomic mass is 16.1. The van der Waals surface area contributed by atoms with Crippen LogP contribution in [0.5, 0.6) is 0 Å². The van der Waals surface area contributed by atoms with Crippen molar-refractivity contribution in [1.29, 1.82) is 0 Å². The van der Waals surface area contributed by atoms with Gasteiger partial charge in [0, 0.05) is 18.1 Å². The van der Waals surface area contributed by atoms with Gasteiger partial charge in [0.2, 0.25) is 0 Å². The van der Waals surface area contributed by atoms with E-state index in [9.17, 15) is 4.79 Å². The zero-order valence-corrected chi connectivity index (χ0v) is 8.91. The van der Waals surface area contributed by atoms with E-state index < -0.39 is 0 Å². The molecular weight excluding hydrogens is 198 g/mol. The fourth-order valence-corrected chi connectivity index (χ4v) is 2.55. The third-order valence-corrected chi connectivity index (χ3v) is 3.39. The minimum absolute atomic E-state index is 0.142. The Morgan fingerprint density at radius 1 is 1.19 bits per heavy atom. The first kappa shape index (κ1) is 9.52. The van der Waals surface area contributed by atoms with Gasteiger partial charge in [0.15, 0.2) is 5.78 Å². The quantitative estimate of drug-likeness (QED) is 0.604. The molecule has 0 aromatic heterocycles. The Kier molecular flexibility index (Phi) is 2.21. The number of dihydropyridines is 1. The van der Waals surface area contributed by atoms with Crippen LogP contribution in [0.15, 0.2) is 53.1 Å². The SMILES string of the molecule is O=C1C=C2C=CC=CC2CC2C=CC=NC12. The smallest absolute Gasteiger partial charge is 0.181 e. The number of rotatable bonds is 0. The number of fused-ring (bicyclic) bond motifs is 2. The molecule has 0 N–H and O–H groups in total. The monoisotopic (exact) mass is 211 g/mol. The molecule has 80 valence electrons. The molecule has 0 aromatic carbocycles. The molecule has 0 spiro atoms. The number of hydrogen-bond donors (Lipinski definition) is 0. The average Bonchev–Trinajstić information content (AvgIpc) is 2.45. The molecule has 2 aliphatic carbocycles. The standard InChI is InChI=1S/C14H13NO/c16-13-9-11-5-2-1-4-10(11)8-12-6-3-7-15-14(12)13/h1-7,9-10,12,14H,8H2. The highest BCUT2D eigenvalue weighted by Gasteiger charge is 2.32. The number of ketones is 1. The molecule has 16 heavy (non-hydrogen) atoms. The van der Waals surface area contributed by atoms with E-state index in [-0.39, 0.29) is 17.7 Å². The number of nitrogens with zero attached hydrogens (tertiary/aromatic N) is 1. The van der Waals surface area contributed by atoms with Crippen molar-refractivity contribution in [3.05, 3.63) is 48.1 Å². The summed E-state index contributed by atoms with van der Waals surface area (Å²) in [6.07, 6.45) is 16.8. The van der Waals surface area contributed by atoms with Gasteiger partial charge in [-0.1, -0.05) is 30.4 Å². The van der Waals surface area contributed by atoms with Crippen LogP contribution < -0.4 is 0 Å². The first-order valence-electron chi connectivity index (χ1n) is 5.65. The predicted molar refractivity (Wildman–Crippen MR) is 64.4 cm³/mol. The molecule has 3 atom stereocenters. The van der Waals surface area contributed by atoms with E-state index in [1.165, 1.54) is 0 Å². The van der Waals surface area contributed by atoms with Gasteiger partial charge in [-0.3, -0.25) is 9.79 Å². The predicted octanol–water partition coefficient (Wildman–Crippen LogP) is 2.25. The maximum absolute atomic E-state index is 12.0. The molecule has 0 saturated heterocycles. The van der Waals surface area contributed by atoms with Crippen molar-refractivity contribution in [2.75, 3.05) is 0 Å². The maximum atomic E-state index is 12.0. The van der Waals surface area contributed by atoms with Crippen molar-refractivity contribution in [3.63, 3.8) is 0 Å². The third-order valence-electron chi connectivity index (χ3n) is 3.39. The first-order chi connectivity index (χ1) is 7.84. The van der Waals surface area contributed by atoms with Crippen molar-refractivity contribution in [2.45, 2.75) is 12.5 Å². The lowest BCUT2D eigenvalue weighted by atomic mass is 9.85. The van der Waals surface area contributed by atoms with E-state index in [2.05, 4.69) is 23.2 Å². The van der Waals surface area contributed by atoms with Crippen LogP contribution in [0.3, 0.4) is 0 Å². The highest BCUT2D eigenvalue weighted by molar-refractivity contribution is 5.98. The summed E-state index contributed by atoms with van der Waals surface area (Å²) < 4.78 is 0. The van der Waals surface area contributed by atoms with Gasteiger partial charge in [0.1, 0.15) is 6.04 Å². The fourth-order valence-electron chi connectivity index (χ4n) is 2.55. The molecule has 3 aliphatic rings. The molecule has 1 aliphatic heterocycles. The highest BCUT2D eigenvalue weighted by Crippen LogP contribution is 2.33. The van der Waals surface area contributed by atoms with E-state index >= 15 is 0 Å². The van der Waals surface area contributed by atoms with E-state index in [1.807, 2.05) is 18.2 Å². The summed E-state index contributed by atoms with van der Waals surface area (Å²) in [5, 5.41) is 0. The van der Waals surface area contributed by atoms with Gasteiger partial charge < -0.3 is 0 Å². The lowest BCUT2D eigenvalue weighted by Crippen LogP contribution is -2.26. The summed E-state index contributed by atoms with van der Waals surface area (Å²) in [7, 11) is 0. The Bertz CT molecular complexity index is 465. The molecule has 2 heteroatoms. The number of aliphatic imine (C=N–C) groups is 1. The Balaban J connectivity index is 2.00. The minimum atomic E-state index is -0.190. The molecule has 0 bridgehead atoms. The zero-order chi connectivity index (χ0) is 11.0. The summed E-state index contributed by atoms with van der Waals surface area (Å²) in [4.78, 5) is 16.3. The van der Waals surface area contributed by atoms with Crippen LogP contribution in [0, 0.1) is 11.8 Å². The van der Waals surface area contributed by atoms with E-state index in [0.717, 1.165) is 12.0 Å². The number of hydrogen-bond acceptors (Lipinski definition) is 2. The number of carbonyl (C=O) groups is 1. The van der Waals surface area contributed by atoms with Gasteiger partial charge in [-0.05, 0) is 24.1 Å². The van der Waals surface area contributed by atoms with Gasteiger partial charge in [-0.2, -0.15) is 0 Å². The van der Waals surface area contributed by atoms with Gasteiger partial charge in [-0.25, -0.2) is 0 Å². The number of allylic oxidation sites excluding steroid dienone is 6. The van der Waals surface area contributed by atoms with Crippen molar-refractivity contribution >= 4 is 12.0 Å². The lowest BCUT2D eigenvalue weighted by molar-refractivity contribution is -0.116. The van der Waals surface area contributed by atoms with Crippen LogP contribution in [0.4, 0.5) is 0 Å². The molecule has 3 unspecified atom stereocenters. The second kappa shape index (κ2) is 3.71. The number of carbonyl (C=O) groups excluding carboxylic acids is 1. The summed E-state index contributed by atoms with van der Waals surface area (Å²) in [6, 6.07) is -0.190. The van der Waals surface area contributed by atoms with Gasteiger partial charge in [0.25, 0.3) is 0 Å². The average molecular weight is 211 g/mol. The van der Waals surface area contributed by atoms with Crippen LogP contribution in [-0.2, 0) is 4.79 Å². The first-order valence-corrected chi connectivity index (χ1v) is 5.65. The third kappa shape index (κ3) is 1.51. The van der Waals surface area contributed by atoms with Gasteiger partial charge in [-0.15, -0.1) is 0 Å². The van der Waals surface area contributed by atoms with Crippen LogP contribution >= 0.6 is 0 Å². The summed E-state index contributed by atoms with van der Waals surface area (Å²) in [5.41, 5.74) is 1.13. The molecule has 0 fully saturated rings. The van der Waals surface area contributed by atoms with E-state index in [1.54, 1.807) is 12.3 Å². The van der Waals surface area contributed by atoms with Gasteiger partial charge >= 0.3 is 0 Å². The second-order valence-corrected chi connectivity index (χ2v) is 4.42. The Hall–Kier alpha value is -1.70. The van der Waals surface area contributed by atoms with Crippen molar-refractivity contribution in [3.8, 4) is 0 Å². The van der Waals surface area contributed by atoms with Crippen LogP contribution in [-0.4, -0.2) is 18.0 Å². The van der Waals surface area contributed by atoms with Crippen LogP contribution in [0.2, 0.25) is 0 Å². The normalized spacial score (nSPS) is 35.4. The minimum Gasteiger partial charge on any atom is -0.292 e. The molecule has 1 heterocycles. The maximum Gasteiger partial charge on any atom is 0.181 e. The van der Waals surface area contributed by atoms with Crippen molar-refractivity contribution < 1.29 is 4.79 Å². The van der Waals surface area contributed by atoms with Crippen LogP contribution in [0.25, 0.3) is 0 Å². The fraction of sp³-hybridized carbons (Fsp3) is 0.286. The van der Waals surface area contributed by atoms with Crippen molar-refractivity contribution in [1.82, 2.24) is 0 Å². The Morgan fingerprint density at radius 2 is 2.12 bits per heavy atom. The molecule has 0 saturated carbocycles. The van der Waals surface area contributed by atoms with Gasteiger partial charge in [0.05, 0.1) is 0 Å². The lowest BCUT2D eigenvalue weighted by Gasteiger charge is -2.22. The molecule has 0 amide bonds.